The van der Waals surface area contributed by atoms with Gasteiger partial charge in [-0.3, -0.25) is 14.4 Å². The van der Waals surface area contributed by atoms with Crippen molar-refractivity contribution in [1.82, 2.24) is 9.80 Å². The number of piperazine rings is 1. The molecule has 32 heavy (non-hydrogen) atoms. The van der Waals surface area contributed by atoms with E-state index in [-0.39, 0.29) is 83.4 Å². The van der Waals surface area contributed by atoms with Crippen molar-refractivity contribution in [2.75, 3.05) is 47.5 Å². The van der Waals surface area contributed by atoms with E-state index >= 15 is 0 Å². The second kappa shape index (κ2) is 9.46. The van der Waals surface area contributed by atoms with E-state index in [0.717, 1.165) is 0 Å². The van der Waals surface area contributed by atoms with Crippen LogP contribution in [-0.4, -0.2) is 85.6 Å². The molecule has 2 aromatic rings. The van der Waals surface area contributed by atoms with Crippen molar-refractivity contribution in [2.24, 2.45) is 0 Å². The third-order valence-corrected chi connectivity index (χ3v) is 5.28. The average molecular weight is 444 g/mol. The van der Waals surface area contributed by atoms with Crippen LogP contribution in [0.3, 0.4) is 0 Å². The lowest BCUT2D eigenvalue weighted by molar-refractivity contribution is 0.0535. The molecule has 0 radical (unpaired) electrons. The Bertz CT molecular complexity index is 1020. The largest absolute Gasteiger partial charge is 0.504 e. The Hall–Kier alpha value is -3.95. The Kier molecular flexibility index (Phi) is 6.72. The Morgan fingerprint density at radius 2 is 1.12 bits per heavy atom. The van der Waals surface area contributed by atoms with Gasteiger partial charge in [-0.15, -0.1) is 0 Å². The summed E-state index contributed by atoms with van der Waals surface area (Å²) in [7, 11) is 4.08. The highest BCUT2D eigenvalue weighted by atomic mass is 16.5. The predicted molar refractivity (Wildman–Crippen MR) is 113 cm³/mol. The maximum Gasteiger partial charge on any atom is 0.254 e. The van der Waals surface area contributed by atoms with Crippen LogP contribution in [0.2, 0.25) is 0 Å². The number of hydrogen-bond donors (Lipinski definition) is 2. The van der Waals surface area contributed by atoms with E-state index in [0.29, 0.717) is 6.29 Å². The molecule has 10 heteroatoms. The first kappa shape index (κ1) is 22.7. The minimum Gasteiger partial charge on any atom is -0.504 e. The first-order valence-corrected chi connectivity index (χ1v) is 9.74. The van der Waals surface area contributed by atoms with Crippen molar-refractivity contribution in [3.05, 3.63) is 41.0 Å². The number of carbonyl (C=O) groups excluding carboxylic acids is 3. The van der Waals surface area contributed by atoms with Crippen LogP contribution in [-0.2, 0) is 0 Å². The molecule has 1 aliphatic rings. The van der Waals surface area contributed by atoms with Crippen molar-refractivity contribution in [2.45, 2.75) is 0 Å². The quantitative estimate of drug-likeness (QED) is 0.643. The van der Waals surface area contributed by atoms with Crippen LogP contribution >= 0.6 is 0 Å². The van der Waals surface area contributed by atoms with Crippen molar-refractivity contribution in [3.63, 3.8) is 0 Å². The topological polar surface area (TPSA) is 126 Å². The van der Waals surface area contributed by atoms with Gasteiger partial charge in [0.05, 0.1) is 26.9 Å². The van der Waals surface area contributed by atoms with Crippen molar-refractivity contribution in [3.8, 4) is 28.7 Å². The number of phenols is 2. The maximum atomic E-state index is 12.9. The molecule has 0 spiro atoms. The SMILES string of the molecule is COc1cc(C(=O)N2CCN(C(=O)c3cc(OC)c(O)c(OC)c3)CC2)cc(C=O)c1O. The molecule has 0 saturated carbocycles. The lowest BCUT2D eigenvalue weighted by atomic mass is 10.1. The van der Waals surface area contributed by atoms with Gasteiger partial charge < -0.3 is 34.2 Å². The van der Waals surface area contributed by atoms with Gasteiger partial charge >= 0.3 is 0 Å². The first-order valence-electron chi connectivity index (χ1n) is 9.74. The molecule has 1 heterocycles. The molecular formula is C22H24N2O8. The Labute approximate surface area is 184 Å². The lowest BCUT2D eigenvalue weighted by Gasteiger charge is -2.35. The highest BCUT2D eigenvalue weighted by Gasteiger charge is 2.28. The van der Waals surface area contributed by atoms with Crippen LogP contribution in [0.5, 0.6) is 28.7 Å². The fourth-order valence-electron chi connectivity index (χ4n) is 3.49. The molecule has 3 rings (SSSR count). The Morgan fingerprint density at radius 1 is 0.750 bits per heavy atom. The number of methoxy groups -OCH3 is 3. The Balaban J connectivity index is 1.73. The molecular weight excluding hydrogens is 420 g/mol. The number of amides is 2. The summed E-state index contributed by atoms with van der Waals surface area (Å²) in [6.45, 7) is 1.12. The number of phenolic OH excluding ortho intramolecular Hbond substituents is 2. The standard InChI is InChI=1S/C22H24N2O8/c1-30-16-9-13(8-15(12-25)19(16)26)21(28)23-4-6-24(7-5-23)22(29)14-10-17(31-2)20(27)18(11-14)32-3/h8-12,26-27H,4-7H2,1-3H3. The summed E-state index contributed by atoms with van der Waals surface area (Å²) in [4.78, 5) is 40.2. The maximum absolute atomic E-state index is 12.9. The number of aromatic hydroxyl groups is 2. The molecule has 10 nitrogen and oxygen atoms in total. The molecule has 2 aromatic carbocycles. The molecule has 1 aliphatic heterocycles. The number of ether oxygens (including phenoxy) is 3. The van der Waals surface area contributed by atoms with E-state index in [1.807, 2.05) is 0 Å². The van der Waals surface area contributed by atoms with E-state index in [1.165, 1.54) is 45.6 Å². The zero-order valence-electron chi connectivity index (χ0n) is 18.0. The van der Waals surface area contributed by atoms with Gasteiger partial charge in [-0.05, 0) is 24.3 Å². The summed E-state index contributed by atoms with van der Waals surface area (Å²) in [6.07, 6.45) is 0.450. The number of benzene rings is 2. The minimum atomic E-state index is -0.341. The third kappa shape index (κ3) is 4.25. The lowest BCUT2D eigenvalue weighted by Crippen LogP contribution is -2.50. The van der Waals surface area contributed by atoms with Crippen molar-refractivity contribution in [1.29, 1.82) is 0 Å². The molecule has 1 fully saturated rings. The average Bonchev–Trinajstić information content (AvgIpc) is 2.83. The van der Waals surface area contributed by atoms with Gasteiger partial charge in [0.2, 0.25) is 5.75 Å². The van der Waals surface area contributed by atoms with E-state index < -0.39 is 0 Å². The van der Waals surface area contributed by atoms with Gasteiger partial charge in [0, 0.05) is 37.3 Å². The van der Waals surface area contributed by atoms with Gasteiger partial charge in [0.15, 0.2) is 29.3 Å². The summed E-state index contributed by atoms with van der Waals surface area (Å²) in [5, 5.41) is 20.0. The van der Waals surface area contributed by atoms with Gasteiger partial charge in [-0.1, -0.05) is 0 Å². The smallest absolute Gasteiger partial charge is 0.254 e. The Morgan fingerprint density at radius 3 is 1.50 bits per heavy atom. The van der Waals surface area contributed by atoms with Crippen LogP contribution in [0.15, 0.2) is 24.3 Å². The van der Waals surface area contributed by atoms with Crippen LogP contribution < -0.4 is 14.2 Å². The monoisotopic (exact) mass is 444 g/mol. The highest BCUT2D eigenvalue weighted by molar-refractivity contribution is 5.98. The molecule has 1 saturated heterocycles. The summed E-state index contributed by atoms with van der Waals surface area (Å²) in [5.74, 6) is -0.880. The number of carbonyl (C=O) groups is 3. The van der Waals surface area contributed by atoms with E-state index in [2.05, 4.69) is 0 Å². The zero-order chi connectivity index (χ0) is 23.4. The molecule has 2 amide bonds. The minimum absolute atomic E-state index is 0.0296. The normalized spacial score (nSPS) is 13.5. The molecule has 170 valence electrons. The summed E-state index contributed by atoms with van der Waals surface area (Å²) < 4.78 is 15.2. The fourth-order valence-corrected chi connectivity index (χ4v) is 3.49. The predicted octanol–water partition coefficient (Wildman–Crippen LogP) is 1.53. The van der Waals surface area contributed by atoms with Crippen LogP contribution in [0, 0.1) is 0 Å². The first-order chi connectivity index (χ1) is 15.3. The number of hydrogen-bond acceptors (Lipinski definition) is 8. The number of nitrogens with zero attached hydrogens (tertiary/aromatic N) is 2. The molecule has 0 aliphatic carbocycles. The van der Waals surface area contributed by atoms with Crippen LogP contribution in [0.25, 0.3) is 0 Å². The van der Waals surface area contributed by atoms with E-state index in [1.54, 1.807) is 9.80 Å². The zero-order valence-corrected chi connectivity index (χ0v) is 18.0. The summed E-state index contributed by atoms with van der Waals surface area (Å²) in [5.41, 5.74) is 0.446. The summed E-state index contributed by atoms with van der Waals surface area (Å²) in [6, 6.07) is 5.54. The van der Waals surface area contributed by atoms with Crippen molar-refractivity contribution >= 4 is 18.1 Å². The van der Waals surface area contributed by atoms with Gasteiger partial charge in [-0.25, -0.2) is 0 Å². The fraction of sp³-hybridized carbons (Fsp3) is 0.318. The number of rotatable bonds is 6. The second-order valence-corrected chi connectivity index (χ2v) is 7.05. The van der Waals surface area contributed by atoms with Gasteiger partial charge in [0.1, 0.15) is 0 Å². The van der Waals surface area contributed by atoms with Crippen LogP contribution in [0.1, 0.15) is 31.1 Å². The molecule has 0 aromatic heterocycles. The summed E-state index contributed by atoms with van der Waals surface area (Å²) >= 11 is 0. The second-order valence-electron chi connectivity index (χ2n) is 7.05. The third-order valence-electron chi connectivity index (χ3n) is 5.28. The van der Waals surface area contributed by atoms with Gasteiger partial charge in [-0.2, -0.15) is 0 Å². The number of aldehydes is 1. The molecule has 2 N–H and O–H groups in total. The molecule has 0 bridgehead atoms. The van der Waals surface area contributed by atoms with Crippen molar-refractivity contribution < 1.29 is 38.8 Å². The van der Waals surface area contributed by atoms with Crippen LogP contribution in [0.4, 0.5) is 0 Å². The van der Waals surface area contributed by atoms with E-state index in [9.17, 15) is 24.6 Å². The van der Waals surface area contributed by atoms with Gasteiger partial charge in [0.25, 0.3) is 11.8 Å². The highest BCUT2D eigenvalue weighted by Crippen LogP contribution is 2.37. The molecule has 0 atom stereocenters. The molecule has 0 unspecified atom stereocenters. The van der Waals surface area contributed by atoms with E-state index in [4.69, 9.17) is 14.2 Å².